The maximum Gasteiger partial charge on any atom is 0.292 e. The van der Waals surface area contributed by atoms with Gasteiger partial charge in [0.25, 0.3) is 6.01 Å². The summed E-state index contributed by atoms with van der Waals surface area (Å²) >= 11 is 3.48. The Bertz CT molecular complexity index is 1540. The first-order chi connectivity index (χ1) is 14.1. The van der Waals surface area contributed by atoms with Crippen molar-refractivity contribution in [1.29, 1.82) is 0 Å². The molecular formula is C21H13BrN6O. The van der Waals surface area contributed by atoms with Gasteiger partial charge in [-0.3, -0.25) is 0 Å². The lowest BCUT2D eigenvalue weighted by Gasteiger charge is -1.95. The van der Waals surface area contributed by atoms with Crippen molar-refractivity contribution >= 4 is 49.0 Å². The summed E-state index contributed by atoms with van der Waals surface area (Å²) < 4.78 is 0.998. The highest BCUT2D eigenvalue weighted by atomic mass is 79.9. The average molecular weight is 445 g/mol. The smallest absolute Gasteiger partial charge is 0.292 e. The number of benzene rings is 3. The molecule has 0 fully saturated rings. The molecule has 0 radical (unpaired) electrons. The molecule has 0 aliphatic heterocycles. The number of hydrogen-bond acceptors (Lipinski definition) is 4. The van der Waals surface area contributed by atoms with Crippen LogP contribution in [-0.4, -0.2) is 35.0 Å². The van der Waals surface area contributed by atoms with E-state index in [-0.39, 0.29) is 6.01 Å². The number of halogens is 1. The van der Waals surface area contributed by atoms with Gasteiger partial charge in [0.15, 0.2) is 0 Å². The first-order valence-electron chi connectivity index (χ1n) is 8.97. The third-order valence-corrected chi connectivity index (χ3v) is 5.44. The fourth-order valence-corrected chi connectivity index (χ4v) is 3.89. The summed E-state index contributed by atoms with van der Waals surface area (Å²) in [6, 6.07) is 17.6. The van der Waals surface area contributed by atoms with Gasteiger partial charge in [0.2, 0.25) is 0 Å². The highest BCUT2D eigenvalue weighted by molar-refractivity contribution is 9.10. The van der Waals surface area contributed by atoms with Gasteiger partial charge in [-0.2, -0.15) is 4.98 Å². The minimum Gasteiger partial charge on any atom is -0.480 e. The maximum atomic E-state index is 9.54. The van der Waals surface area contributed by atoms with E-state index in [9.17, 15) is 5.11 Å². The molecule has 3 heterocycles. The van der Waals surface area contributed by atoms with E-state index >= 15 is 0 Å². The van der Waals surface area contributed by atoms with Gasteiger partial charge >= 0.3 is 0 Å². The van der Waals surface area contributed by atoms with Crippen molar-refractivity contribution in [1.82, 2.24) is 29.9 Å². The maximum absolute atomic E-state index is 9.54. The lowest BCUT2D eigenvalue weighted by atomic mass is 10.2. The fraction of sp³-hybridized carbons (Fsp3) is 0. The van der Waals surface area contributed by atoms with Crippen LogP contribution in [0.1, 0.15) is 0 Å². The second-order valence-corrected chi connectivity index (χ2v) is 7.77. The zero-order valence-electron chi connectivity index (χ0n) is 14.9. The minimum absolute atomic E-state index is 0.0933. The van der Waals surface area contributed by atoms with E-state index in [0.717, 1.165) is 54.8 Å². The number of imidazole rings is 3. The molecule has 0 aliphatic carbocycles. The number of aromatic amines is 3. The number of nitrogens with one attached hydrogen (secondary N) is 3. The Hall–Kier alpha value is -3.65. The van der Waals surface area contributed by atoms with Gasteiger partial charge in [-0.05, 0) is 54.6 Å². The van der Waals surface area contributed by atoms with Crippen LogP contribution < -0.4 is 0 Å². The average Bonchev–Trinajstić information content (AvgIpc) is 3.41. The van der Waals surface area contributed by atoms with Gasteiger partial charge in [0.1, 0.15) is 11.6 Å². The van der Waals surface area contributed by atoms with Gasteiger partial charge in [0, 0.05) is 15.6 Å². The lowest BCUT2D eigenvalue weighted by molar-refractivity contribution is 0.438. The first-order valence-corrected chi connectivity index (χ1v) is 9.76. The van der Waals surface area contributed by atoms with E-state index in [4.69, 9.17) is 9.97 Å². The molecule has 8 heteroatoms. The third kappa shape index (κ3) is 2.68. The molecule has 0 bridgehead atoms. The highest BCUT2D eigenvalue weighted by Gasteiger charge is 2.11. The summed E-state index contributed by atoms with van der Waals surface area (Å²) in [5.41, 5.74) is 7.02. The summed E-state index contributed by atoms with van der Waals surface area (Å²) in [5.74, 6) is 1.55. The number of aromatic hydroxyl groups is 1. The Labute approximate surface area is 172 Å². The molecule has 3 aromatic heterocycles. The number of rotatable bonds is 2. The van der Waals surface area contributed by atoms with Crippen LogP contribution in [0, 0.1) is 0 Å². The minimum atomic E-state index is -0.0933. The Balaban J connectivity index is 1.44. The Kier molecular flexibility index (Phi) is 3.33. The largest absolute Gasteiger partial charge is 0.480 e. The van der Waals surface area contributed by atoms with E-state index in [1.54, 1.807) is 0 Å². The zero-order valence-corrected chi connectivity index (χ0v) is 16.4. The van der Waals surface area contributed by atoms with Crippen molar-refractivity contribution in [3.8, 4) is 28.8 Å². The van der Waals surface area contributed by atoms with Crippen LogP contribution in [0.5, 0.6) is 6.01 Å². The Morgan fingerprint density at radius 2 is 1.14 bits per heavy atom. The van der Waals surface area contributed by atoms with Crippen LogP contribution in [0.15, 0.2) is 59.1 Å². The van der Waals surface area contributed by atoms with Crippen molar-refractivity contribution in [2.75, 3.05) is 0 Å². The van der Waals surface area contributed by atoms with E-state index in [1.165, 1.54) is 0 Å². The molecule has 7 nitrogen and oxygen atoms in total. The quantitative estimate of drug-likeness (QED) is 0.297. The summed E-state index contributed by atoms with van der Waals surface area (Å²) in [4.78, 5) is 23.0. The third-order valence-electron chi connectivity index (χ3n) is 4.95. The van der Waals surface area contributed by atoms with Crippen molar-refractivity contribution in [2.45, 2.75) is 0 Å². The first kappa shape index (κ1) is 16.3. The van der Waals surface area contributed by atoms with Crippen LogP contribution in [0.2, 0.25) is 0 Å². The molecule has 6 rings (SSSR count). The number of fused-ring (bicyclic) bond motifs is 3. The molecule has 140 valence electrons. The predicted molar refractivity (Wildman–Crippen MR) is 116 cm³/mol. The van der Waals surface area contributed by atoms with E-state index in [2.05, 4.69) is 35.9 Å². The Morgan fingerprint density at radius 3 is 1.79 bits per heavy atom. The predicted octanol–water partition coefficient (Wildman–Crippen LogP) is 5.12. The number of nitrogens with zero attached hydrogens (tertiary/aromatic N) is 3. The topological polar surface area (TPSA) is 106 Å². The monoisotopic (exact) mass is 444 g/mol. The second kappa shape index (κ2) is 5.92. The van der Waals surface area contributed by atoms with E-state index in [0.29, 0.717) is 5.52 Å². The SMILES string of the molecule is Oc1nc2cc(-c3nc4cc(-c5nc6cc(Br)ccc6[nH]5)ccc4[nH]3)ccc2[nH]1. The normalized spacial score (nSPS) is 11.8. The molecule has 6 aromatic rings. The van der Waals surface area contributed by atoms with Gasteiger partial charge in [-0.25, -0.2) is 9.97 Å². The number of aromatic nitrogens is 6. The van der Waals surface area contributed by atoms with E-state index < -0.39 is 0 Å². The molecule has 0 spiro atoms. The Morgan fingerprint density at radius 1 is 0.621 bits per heavy atom. The van der Waals surface area contributed by atoms with Crippen molar-refractivity contribution < 1.29 is 5.11 Å². The standard InChI is InChI=1S/C21H13BrN6O/c22-12-3-6-14-18(9-12)26-20(24-14)10-1-4-13-16(7-10)25-19(23-13)11-2-5-15-17(8-11)28-21(29)27-15/h1-9H,(H,23,25)(H,24,26)(H2,27,28,29). The lowest BCUT2D eigenvalue weighted by Crippen LogP contribution is -1.81. The van der Waals surface area contributed by atoms with Crippen molar-refractivity contribution in [2.24, 2.45) is 0 Å². The summed E-state index contributed by atoms with van der Waals surface area (Å²) in [6.07, 6.45) is 0. The van der Waals surface area contributed by atoms with Gasteiger partial charge in [-0.1, -0.05) is 15.9 Å². The molecule has 0 atom stereocenters. The fourth-order valence-electron chi connectivity index (χ4n) is 3.55. The van der Waals surface area contributed by atoms with E-state index in [1.807, 2.05) is 54.6 Å². The molecule has 3 aromatic carbocycles. The highest BCUT2D eigenvalue weighted by Crippen LogP contribution is 2.28. The summed E-state index contributed by atoms with van der Waals surface area (Å²) in [6.45, 7) is 0. The molecule has 29 heavy (non-hydrogen) atoms. The molecule has 0 aliphatic rings. The summed E-state index contributed by atoms with van der Waals surface area (Å²) in [5, 5.41) is 9.54. The number of H-pyrrole nitrogens is 3. The number of hydrogen-bond donors (Lipinski definition) is 4. The van der Waals surface area contributed by atoms with Gasteiger partial charge < -0.3 is 20.1 Å². The molecule has 0 amide bonds. The van der Waals surface area contributed by atoms with Crippen molar-refractivity contribution in [3.63, 3.8) is 0 Å². The van der Waals surface area contributed by atoms with Gasteiger partial charge in [0.05, 0.1) is 33.1 Å². The van der Waals surface area contributed by atoms with Crippen LogP contribution in [0.4, 0.5) is 0 Å². The van der Waals surface area contributed by atoms with Crippen molar-refractivity contribution in [3.05, 3.63) is 59.1 Å². The van der Waals surface area contributed by atoms with Crippen LogP contribution in [0.25, 0.3) is 55.9 Å². The molecule has 0 saturated heterocycles. The van der Waals surface area contributed by atoms with Crippen LogP contribution >= 0.6 is 15.9 Å². The van der Waals surface area contributed by atoms with Crippen LogP contribution in [0.3, 0.4) is 0 Å². The van der Waals surface area contributed by atoms with Gasteiger partial charge in [-0.15, -0.1) is 0 Å². The van der Waals surface area contributed by atoms with Crippen LogP contribution in [-0.2, 0) is 0 Å². The molecule has 4 N–H and O–H groups in total. The molecule has 0 unspecified atom stereocenters. The molecular weight excluding hydrogens is 432 g/mol. The zero-order chi connectivity index (χ0) is 19.5. The summed E-state index contributed by atoms with van der Waals surface area (Å²) in [7, 11) is 0. The molecule has 0 saturated carbocycles. The second-order valence-electron chi connectivity index (χ2n) is 6.86.